The van der Waals surface area contributed by atoms with E-state index >= 15 is 0 Å². The molecule has 7 heteroatoms. The number of sulfonamides is 1. The van der Waals surface area contributed by atoms with Crippen LogP contribution < -0.4 is 10.0 Å². The van der Waals surface area contributed by atoms with Crippen molar-refractivity contribution < 1.29 is 17.9 Å². The topological polar surface area (TPSA) is 84.5 Å². The average Bonchev–Trinajstić information content (AvgIpc) is 3.19. The Kier molecular flexibility index (Phi) is 6.26. The number of hydrogen-bond acceptors (Lipinski definition) is 4. The van der Waals surface area contributed by atoms with Gasteiger partial charge in [0.25, 0.3) is 5.91 Å². The second-order valence-electron chi connectivity index (χ2n) is 6.62. The van der Waals surface area contributed by atoms with Gasteiger partial charge in [0.15, 0.2) is 0 Å². The van der Waals surface area contributed by atoms with Crippen LogP contribution in [0.1, 0.15) is 34.3 Å². The van der Waals surface area contributed by atoms with Gasteiger partial charge in [0.1, 0.15) is 0 Å². The van der Waals surface area contributed by atoms with Gasteiger partial charge in [-0.2, -0.15) is 0 Å². The molecule has 2 aromatic carbocycles. The third-order valence-corrected chi connectivity index (χ3v) is 6.09. The fourth-order valence-electron chi connectivity index (χ4n) is 2.96. The average molecular weight is 388 g/mol. The quantitative estimate of drug-likeness (QED) is 0.763. The number of hydrogen-bond donors (Lipinski definition) is 2. The molecule has 1 atom stereocenters. The van der Waals surface area contributed by atoms with Crippen LogP contribution in [0.4, 0.5) is 0 Å². The van der Waals surface area contributed by atoms with Gasteiger partial charge in [0, 0.05) is 25.3 Å². The molecule has 1 fully saturated rings. The lowest BCUT2D eigenvalue weighted by Gasteiger charge is -2.12. The highest BCUT2D eigenvalue weighted by molar-refractivity contribution is 7.89. The van der Waals surface area contributed by atoms with E-state index in [1.807, 2.05) is 31.2 Å². The van der Waals surface area contributed by atoms with E-state index in [1.165, 1.54) is 24.3 Å². The first kappa shape index (κ1) is 19.5. The third kappa shape index (κ3) is 5.15. The maximum absolute atomic E-state index is 12.4. The monoisotopic (exact) mass is 388 g/mol. The van der Waals surface area contributed by atoms with E-state index in [1.54, 1.807) is 0 Å². The van der Waals surface area contributed by atoms with E-state index in [-0.39, 0.29) is 23.5 Å². The van der Waals surface area contributed by atoms with Gasteiger partial charge in [0.2, 0.25) is 10.0 Å². The molecule has 6 nitrogen and oxygen atoms in total. The van der Waals surface area contributed by atoms with Crippen LogP contribution in [0.5, 0.6) is 0 Å². The molecule has 2 aromatic rings. The summed E-state index contributed by atoms with van der Waals surface area (Å²) in [6, 6.07) is 13.8. The first-order chi connectivity index (χ1) is 13.0. The Morgan fingerprint density at radius 3 is 2.56 bits per heavy atom. The molecule has 1 aliphatic rings. The number of aryl methyl sites for hydroxylation is 1. The third-order valence-electron chi connectivity index (χ3n) is 4.65. The summed E-state index contributed by atoms with van der Waals surface area (Å²) >= 11 is 0. The maximum atomic E-state index is 12.4. The molecule has 2 N–H and O–H groups in total. The molecular weight excluding hydrogens is 364 g/mol. The number of carbonyl (C=O) groups is 1. The minimum atomic E-state index is -3.61. The predicted octanol–water partition coefficient (Wildman–Crippen LogP) is 2.38. The summed E-state index contributed by atoms with van der Waals surface area (Å²) in [5, 5.41) is 2.86. The summed E-state index contributed by atoms with van der Waals surface area (Å²) in [5.41, 5.74) is 2.57. The standard InChI is InChI=1S/C20H24N2O4S/c1-15-5-2-3-6-17(15)13-21-20(23)16-8-10-19(11-9-16)27(24,25)22-14-18-7-4-12-26-18/h2-3,5-6,8-11,18,22H,4,7,12-14H2,1H3,(H,21,23). The molecule has 1 unspecified atom stereocenters. The second-order valence-corrected chi connectivity index (χ2v) is 8.39. The van der Waals surface area contributed by atoms with Crippen molar-refractivity contribution in [3.63, 3.8) is 0 Å². The van der Waals surface area contributed by atoms with Crippen molar-refractivity contribution in [1.29, 1.82) is 0 Å². The van der Waals surface area contributed by atoms with Crippen molar-refractivity contribution in [2.75, 3.05) is 13.2 Å². The Morgan fingerprint density at radius 2 is 1.89 bits per heavy atom. The fraction of sp³-hybridized carbons (Fsp3) is 0.350. The largest absolute Gasteiger partial charge is 0.377 e. The van der Waals surface area contributed by atoms with Crippen LogP contribution in [-0.4, -0.2) is 33.6 Å². The number of carbonyl (C=O) groups excluding carboxylic acids is 1. The summed E-state index contributed by atoms with van der Waals surface area (Å²) in [4.78, 5) is 12.4. The highest BCUT2D eigenvalue weighted by Gasteiger charge is 2.20. The number of benzene rings is 2. The van der Waals surface area contributed by atoms with E-state index in [0.29, 0.717) is 18.7 Å². The summed E-state index contributed by atoms with van der Waals surface area (Å²) < 4.78 is 32.7. The Labute approximate surface area is 160 Å². The van der Waals surface area contributed by atoms with E-state index < -0.39 is 10.0 Å². The minimum absolute atomic E-state index is 0.0636. The molecule has 1 aliphatic heterocycles. The van der Waals surface area contributed by atoms with Crippen molar-refractivity contribution in [2.24, 2.45) is 0 Å². The van der Waals surface area contributed by atoms with Crippen LogP contribution in [0.25, 0.3) is 0 Å². The van der Waals surface area contributed by atoms with Crippen molar-refractivity contribution in [3.05, 3.63) is 65.2 Å². The van der Waals surface area contributed by atoms with E-state index in [9.17, 15) is 13.2 Å². The van der Waals surface area contributed by atoms with Gasteiger partial charge in [-0.05, 0) is 55.2 Å². The molecule has 0 saturated carbocycles. The molecule has 0 radical (unpaired) electrons. The lowest BCUT2D eigenvalue weighted by molar-refractivity contribution is 0.0950. The molecule has 1 heterocycles. The van der Waals surface area contributed by atoms with Crippen LogP contribution in [0.2, 0.25) is 0 Å². The van der Waals surface area contributed by atoms with Crippen molar-refractivity contribution in [3.8, 4) is 0 Å². The van der Waals surface area contributed by atoms with Crippen molar-refractivity contribution >= 4 is 15.9 Å². The predicted molar refractivity (Wildman–Crippen MR) is 103 cm³/mol. The van der Waals surface area contributed by atoms with Crippen molar-refractivity contribution in [2.45, 2.75) is 37.3 Å². The lowest BCUT2D eigenvalue weighted by Crippen LogP contribution is -2.31. The molecule has 144 valence electrons. The highest BCUT2D eigenvalue weighted by atomic mass is 32.2. The van der Waals surface area contributed by atoms with Gasteiger partial charge in [-0.1, -0.05) is 24.3 Å². The Hall–Kier alpha value is -2.22. The van der Waals surface area contributed by atoms with E-state index in [2.05, 4.69) is 10.0 Å². The summed E-state index contributed by atoms with van der Waals surface area (Å²) in [6.07, 6.45) is 1.76. The van der Waals surface area contributed by atoms with Crippen LogP contribution in [0.3, 0.4) is 0 Å². The zero-order valence-electron chi connectivity index (χ0n) is 15.3. The first-order valence-corrected chi connectivity index (χ1v) is 10.5. The van der Waals surface area contributed by atoms with Gasteiger partial charge in [-0.25, -0.2) is 13.1 Å². The maximum Gasteiger partial charge on any atom is 0.251 e. The van der Waals surface area contributed by atoms with Gasteiger partial charge in [-0.15, -0.1) is 0 Å². The molecule has 0 aliphatic carbocycles. The number of ether oxygens (including phenoxy) is 1. The van der Waals surface area contributed by atoms with Gasteiger partial charge in [-0.3, -0.25) is 4.79 Å². The molecule has 3 rings (SSSR count). The Bertz CT molecular complexity index is 888. The fourth-order valence-corrected chi connectivity index (χ4v) is 4.03. The zero-order chi connectivity index (χ0) is 19.3. The first-order valence-electron chi connectivity index (χ1n) is 9.00. The number of rotatable bonds is 7. The number of amides is 1. The summed E-state index contributed by atoms with van der Waals surface area (Å²) in [7, 11) is -3.61. The lowest BCUT2D eigenvalue weighted by atomic mass is 10.1. The van der Waals surface area contributed by atoms with Gasteiger partial charge < -0.3 is 10.1 Å². The summed E-state index contributed by atoms with van der Waals surface area (Å²) in [5.74, 6) is -0.241. The van der Waals surface area contributed by atoms with E-state index in [0.717, 1.165) is 24.0 Å². The van der Waals surface area contributed by atoms with Crippen LogP contribution >= 0.6 is 0 Å². The SMILES string of the molecule is Cc1ccccc1CNC(=O)c1ccc(S(=O)(=O)NCC2CCCO2)cc1. The van der Waals surface area contributed by atoms with Crippen molar-refractivity contribution in [1.82, 2.24) is 10.0 Å². The minimum Gasteiger partial charge on any atom is -0.377 e. The molecule has 1 amide bonds. The smallest absolute Gasteiger partial charge is 0.251 e. The van der Waals surface area contributed by atoms with Gasteiger partial charge >= 0.3 is 0 Å². The molecule has 27 heavy (non-hydrogen) atoms. The molecule has 0 bridgehead atoms. The summed E-state index contributed by atoms with van der Waals surface area (Å²) in [6.45, 7) is 3.36. The second kappa shape index (κ2) is 8.65. The zero-order valence-corrected chi connectivity index (χ0v) is 16.1. The molecular formula is C20H24N2O4S. The Balaban J connectivity index is 1.58. The molecule has 0 aromatic heterocycles. The molecule has 0 spiro atoms. The van der Waals surface area contributed by atoms with Gasteiger partial charge in [0.05, 0.1) is 11.0 Å². The Morgan fingerprint density at radius 1 is 1.15 bits per heavy atom. The highest BCUT2D eigenvalue weighted by Crippen LogP contribution is 2.14. The van der Waals surface area contributed by atoms with Crippen LogP contribution in [-0.2, 0) is 21.3 Å². The number of nitrogens with one attached hydrogen (secondary N) is 2. The van der Waals surface area contributed by atoms with Crippen LogP contribution in [0.15, 0.2) is 53.4 Å². The van der Waals surface area contributed by atoms with Crippen LogP contribution in [0, 0.1) is 6.92 Å². The molecule has 1 saturated heterocycles. The normalized spacial score (nSPS) is 17.0. The van der Waals surface area contributed by atoms with E-state index in [4.69, 9.17) is 4.74 Å².